The van der Waals surface area contributed by atoms with Crippen molar-refractivity contribution in [3.63, 3.8) is 0 Å². The van der Waals surface area contributed by atoms with Crippen molar-refractivity contribution < 1.29 is 44.7 Å². The van der Waals surface area contributed by atoms with Gasteiger partial charge in [-0.05, 0) is 13.8 Å². The third-order valence-electron chi connectivity index (χ3n) is 2.05. The largest absolute Gasteiger partial charge is 0.450 e. The van der Waals surface area contributed by atoms with Crippen molar-refractivity contribution in [3.8, 4) is 0 Å². The van der Waals surface area contributed by atoms with E-state index in [9.17, 15) is 35.7 Å². The van der Waals surface area contributed by atoms with Gasteiger partial charge < -0.3 is 9.05 Å². The number of ketones is 1. The first-order valence-corrected chi connectivity index (χ1v) is 7.56. The van der Waals surface area contributed by atoms with Crippen LogP contribution in [0.25, 0.3) is 0 Å². The molecule has 0 heterocycles. The van der Waals surface area contributed by atoms with Crippen molar-refractivity contribution >= 4 is 19.6 Å². The quantitative estimate of drug-likeness (QED) is 0.377. The Kier molecular flexibility index (Phi) is 7.73. The van der Waals surface area contributed by atoms with Crippen LogP contribution in [0.2, 0.25) is 0 Å². The Morgan fingerprint density at radius 2 is 1.59 bits per heavy atom. The molecule has 0 aromatic rings. The second-order valence-electron chi connectivity index (χ2n) is 3.75. The summed E-state index contributed by atoms with van der Waals surface area (Å²) in [5, 5.41) is 0. The van der Waals surface area contributed by atoms with Gasteiger partial charge in [-0.25, -0.2) is 0 Å². The molecule has 0 rings (SSSR count). The van der Waals surface area contributed by atoms with Gasteiger partial charge in [-0.2, -0.15) is 26.3 Å². The van der Waals surface area contributed by atoms with Gasteiger partial charge in [0.25, 0.3) is 0 Å². The molecule has 0 amide bonds. The van der Waals surface area contributed by atoms with Crippen LogP contribution < -0.4 is 0 Å². The third-order valence-corrected chi connectivity index (χ3v) is 4.31. The average Bonchev–Trinajstić information content (AvgIpc) is 2.31. The van der Waals surface area contributed by atoms with Gasteiger partial charge in [-0.3, -0.25) is 14.4 Å². The number of nitrogens with zero attached hydrogens (tertiary/aromatic N) is 1. The maximum atomic E-state index is 12.9. The van der Waals surface area contributed by atoms with Crippen LogP contribution in [0.1, 0.15) is 20.3 Å². The molecule has 0 aromatic heterocycles. The Hall–Kier alpha value is -0.930. The summed E-state index contributed by atoms with van der Waals surface area (Å²) in [6, 6.07) is 0. The molecule has 0 aromatic carbocycles. The van der Waals surface area contributed by atoms with E-state index in [1.807, 2.05) is 0 Å². The number of Topliss-reactive ketones (excluding diaryl/α,β-unsaturated/α-hetero) is 1. The van der Waals surface area contributed by atoms with Gasteiger partial charge in [-0.15, -0.1) is 0 Å². The minimum atomic E-state index is -5.19. The van der Waals surface area contributed by atoms with E-state index < -0.39 is 37.9 Å². The molecule has 1 atom stereocenters. The molecule has 22 heavy (non-hydrogen) atoms. The van der Waals surface area contributed by atoms with E-state index in [1.54, 1.807) is 0 Å². The summed E-state index contributed by atoms with van der Waals surface area (Å²) in [7, 11) is -4.77. The fourth-order valence-electron chi connectivity index (χ4n) is 1.23. The number of halogens is 6. The van der Waals surface area contributed by atoms with Gasteiger partial charge in [-0.1, -0.05) is 0 Å². The number of rotatable bonds is 8. The number of hydrogen-bond donors (Lipinski definition) is 0. The first kappa shape index (κ1) is 21.1. The molecule has 0 aliphatic rings. The van der Waals surface area contributed by atoms with E-state index in [-0.39, 0.29) is 19.4 Å². The second-order valence-corrected chi connectivity index (χ2v) is 5.83. The van der Waals surface area contributed by atoms with Gasteiger partial charge in [0.15, 0.2) is 0 Å². The molecule has 0 radical (unpaired) electrons. The van der Waals surface area contributed by atoms with E-state index in [4.69, 9.17) is 0 Å². The molecule has 130 valence electrons. The number of hydrogen-bond acceptors (Lipinski definition) is 5. The highest BCUT2D eigenvalue weighted by Crippen LogP contribution is 2.58. The van der Waals surface area contributed by atoms with Gasteiger partial charge >= 0.3 is 19.9 Å². The second kappa shape index (κ2) is 8.07. The van der Waals surface area contributed by atoms with Crippen molar-refractivity contribution in [2.75, 3.05) is 13.2 Å². The minimum Gasteiger partial charge on any atom is -0.307 e. The van der Waals surface area contributed by atoms with Crippen molar-refractivity contribution in [2.24, 2.45) is 4.99 Å². The van der Waals surface area contributed by atoms with Crippen LogP contribution >= 0.6 is 7.60 Å². The summed E-state index contributed by atoms with van der Waals surface area (Å²) in [4.78, 5) is 13.3. The molecule has 5 nitrogen and oxygen atoms in total. The smallest absolute Gasteiger partial charge is 0.307 e. The third kappa shape index (κ3) is 6.45. The lowest BCUT2D eigenvalue weighted by Gasteiger charge is -2.24. The molecule has 0 aliphatic carbocycles. The zero-order chi connectivity index (χ0) is 17.6. The summed E-state index contributed by atoms with van der Waals surface area (Å²) >= 11 is 0. The standard InChI is InChI=1S/C10H14F6NO4P/c1-3-20-22(19,21-4-2)8(10(14,15)16)17-6-5-7(18)9(11,12)13/h6,8H,3-5H2,1-2H3/t8-/m0/s1. The number of aliphatic imine (C=N–C) groups is 1. The van der Waals surface area contributed by atoms with Crippen LogP contribution in [0, 0.1) is 0 Å². The van der Waals surface area contributed by atoms with E-state index in [1.165, 1.54) is 13.8 Å². The lowest BCUT2D eigenvalue weighted by atomic mass is 10.3. The summed E-state index contributed by atoms with van der Waals surface area (Å²) in [5.41, 5.74) is 0. The Morgan fingerprint density at radius 3 is 1.91 bits per heavy atom. The molecule has 0 aliphatic heterocycles. The number of carbonyl (C=O) groups is 1. The van der Waals surface area contributed by atoms with E-state index in [0.717, 1.165) is 0 Å². The summed E-state index contributed by atoms with van der Waals surface area (Å²) in [6.45, 7) is 1.74. The van der Waals surface area contributed by atoms with Crippen molar-refractivity contribution in [1.29, 1.82) is 0 Å². The number of carbonyl (C=O) groups excluding carboxylic acids is 1. The fraction of sp³-hybridized carbons (Fsp3) is 0.800. The maximum Gasteiger partial charge on any atom is 0.450 e. The van der Waals surface area contributed by atoms with Crippen LogP contribution in [0.3, 0.4) is 0 Å². The first-order chi connectivity index (χ1) is 9.88. The molecular formula is C10H14F6NO4P. The van der Waals surface area contributed by atoms with Gasteiger partial charge in [0.1, 0.15) is 0 Å². The topological polar surface area (TPSA) is 65.0 Å². The Balaban J connectivity index is 5.31. The van der Waals surface area contributed by atoms with Crippen LogP contribution in [0.15, 0.2) is 4.99 Å². The molecule has 0 unspecified atom stereocenters. The lowest BCUT2D eigenvalue weighted by Crippen LogP contribution is -2.29. The van der Waals surface area contributed by atoms with Crippen LogP contribution in [-0.4, -0.2) is 43.3 Å². The predicted molar refractivity (Wildman–Crippen MR) is 64.9 cm³/mol. The monoisotopic (exact) mass is 357 g/mol. The summed E-state index contributed by atoms with van der Waals surface area (Å²) in [6.07, 6.45) is -11.7. The molecule has 0 saturated heterocycles. The zero-order valence-electron chi connectivity index (χ0n) is 11.6. The Bertz CT molecular complexity index is 438. The zero-order valence-corrected chi connectivity index (χ0v) is 12.5. The summed E-state index contributed by atoms with van der Waals surface area (Å²) < 4.78 is 95.4. The highest BCUT2D eigenvalue weighted by molar-refractivity contribution is 7.54. The Labute approximate surface area is 122 Å². The normalized spacial score (nSPS) is 15.3. The van der Waals surface area contributed by atoms with Crippen molar-refractivity contribution in [3.05, 3.63) is 0 Å². The van der Waals surface area contributed by atoms with Gasteiger partial charge in [0.05, 0.1) is 19.6 Å². The first-order valence-electron chi connectivity index (χ1n) is 5.95. The van der Waals surface area contributed by atoms with Crippen LogP contribution in [-0.2, 0) is 18.4 Å². The predicted octanol–water partition coefficient (Wildman–Crippen LogP) is 3.73. The summed E-state index contributed by atoms with van der Waals surface area (Å²) in [5.74, 6) is -5.28. The average molecular weight is 357 g/mol. The van der Waals surface area contributed by atoms with Gasteiger partial charge in [0.2, 0.25) is 11.6 Å². The van der Waals surface area contributed by atoms with Crippen LogP contribution in [0.4, 0.5) is 26.3 Å². The minimum absolute atomic E-state index is 0.110. The molecule has 0 fully saturated rings. The van der Waals surface area contributed by atoms with Crippen molar-refractivity contribution in [1.82, 2.24) is 0 Å². The Morgan fingerprint density at radius 1 is 1.14 bits per heavy atom. The highest BCUT2D eigenvalue weighted by Gasteiger charge is 2.54. The molecule has 0 spiro atoms. The van der Waals surface area contributed by atoms with E-state index in [2.05, 4.69) is 14.0 Å². The maximum absolute atomic E-state index is 12.9. The SMILES string of the molecule is CCOP(=O)(OCC)[C@H](N=CCC(=O)C(F)(F)F)C(F)(F)F. The van der Waals surface area contributed by atoms with E-state index >= 15 is 0 Å². The van der Waals surface area contributed by atoms with Crippen molar-refractivity contribution in [2.45, 2.75) is 38.4 Å². The van der Waals surface area contributed by atoms with E-state index in [0.29, 0.717) is 0 Å². The molecule has 0 saturated carbocycles. The molecule has 12 heteroatoms. The van der Waals surface area contributed by atoms with Gasteiger partial charge in [0, 0.05) is 6.21 Å². The highest BCUT2D eigenvalue weighted by atomic mass is 31.2. The molecule has 0 bridgehead atoms. The number of alkyl halides is 6. The molecule has 0 N–H and O–H groups in total. The lowest BCUT2D eigenvalue weighted by molar-refractivity contribution is -0.169. The fourth-order valence-corrected chi connectivity index (χ4v) is 2.93. The molecular weight excluding hydrogens is 343 g/mol. The van der Waals surface area contributed by atoms with Crippen LogP contribution in [0.5, 0.6) is 0 Å².